The number of hydrogen-bond acceptors (Lipinski definition) is 3. The predicted molar refractivity (Wildman–Crippen MR) is 68.4 cm³/mol. The predicted octanol–water partition coefficient (Wildman–Crippen LogP) is 2.20. The number of nitrogens with two attached hydrogens (primary N) is 1. The van der Waals surface area contributed by atoms with Crippen LogP contribution in [0.3, 0.4) is 0 Å². The van der Waals surface area contributed by atoms with E-state index >= 15 is 0 Å². The second kappa shape index (κ2) is 4.65. The Morgan fingerprint density at radius 1 is 1.53 bits per heavy atom. The molecule has 1 fully saturated rings. The summed E-state index contributed by atoms with van der Waals surface area (Å²) in [7, 11) is 0. The molecule has 0 radical (unpaired) electrons. The number of anilines is 2. The number of rotatable bonds is 2. The van der Waals surface area contributed by atoms with Crippen LogP contribution < -0.4 is 10.6 Å². The number of carbonyl (C=O) groups is 1. The summed E-state index contributed by atoms with van der Waals surface area (Å²) in [5.41, 5.74) is 7.30. The second-order valence-electron chi connectivity index (χ2n) is 4.77. The minimum absolute atomic E-state index is 0.179. The first kappa shape index (κ1) is 11.8. The topological polar surface area (TPSA) is 66.6 Å². The Balaban J connectivity index is 2.22. The van der Waals surface area contributed by atoms with Crippen LogP contribution >= 0.6 is 0 Å². The van der Waals surface area contributed by atoms with Crippen molar-refractivity contribution in [1.29, 1.82) is 0 Å². The Kier molecular flexibility index (Phi) is 3.22. The summed E-state index contributed by atoms with van der Waals surface area (Å²) in [6.45, 7) is 4.28. The lowest BCUT2D eigenvalue weighted by molar-refractivity contribution is 0.0698. The van der Waals surface area contributed by atoms with Crippen LogP contribution in [0.2, 0.25) is 0 Å². The van der Waals surface area contributed by atoms with E-state index in [9.17, 15) is 4.79 Å². The Morgan fingerprint density at radius 2 is 2.29 bits per heavy atom. The van der Waals surface area contributed by atoms with Gasteiger partial charge >= 0.3 is 5.97 Å². The molecular formula is C13H18N2O2. The standard InChI is InChI=1S/C13H18N2O2/c1-9-3-2-6-15(8-9)10-4-5-11(13(16)17)12(14)7-10/h4-5,7,9H,2-3,6,8,14H2,1H3,(H,16,17). The smallest absolute Gasteiger partial charge is 0.337 e. The molecule has 4 heteroatoms. The van der Waals surface area contributed by atoms with E-state index in [-0.39, 0.29) is 5.56 Å². The van der Waals surface area contributed by atoms with Crippen molar-refractivity contribution in [2.75, 3.05) is 23.7 Å². The molecular weight excluding hydrogens is 216 g/mol. The van der Waals surface area contributed by atoms with Crippen LogP contribution in [0.4, 0.5) is 11.4 Å². The first-order valence-corrected chi connectivity index (χ1v) is 5.95. The van der Waals surface area contributed by atoms with Crippen LogP contribution in [-0.2, 0) is 0 Å². The monoisotopic (exact) mass is 234 g/mol. The summed E-state index contributed by atoms with van der Waals surface area (Å²) < 4.78 is 0. The first-order valence-electron chi connectivity index (χ1n) is 5.95. The van der Waals surface area contributed by atoms with Crippen LogP contribution in [0.25, 0.3) is 0 Å². The van der Waals surface area contributed by atoms with E-state index in [2.05, 4.69) is 11.8 Å². The summed E-state index contributed by atoms with van der Waals surface area (Å²) in [6, 6.07) is 5.20. The van der Waals surface area contributed by atoms with Gasteiger partial charge in [-0.3, -0.25) is 0 Å². The lowest BCUT2D eigenvalue weighted by Gasteiger charge is -2.33. The van der Waals surface area contributed by atoms with Gasteiger partial charge in [0.15, 0.2) is 0 Å². The number of benzene rings is 1. The molecule has 1 aliphatic heterocycles. The summed E-state index contributed by atoms with van der Waals surface area (Å²) in [5.74, 6) is -0.287. The van der Waals surface area contributed by atoms with Crippen LogP contribution in [0.5, 0.6) is 0 Å². The van der Waals surface area contributed by atoms with E-state index in [1.165, 1.54) is 12.8 Å². The maximum absolute atomic E-state index is 10.9. The van der Waals surface area contributed by atoms with Gasteiger partial charge in [-0.2, -0.15) is 0 Å². The quantitative estimate of drug-likeness (QED) is 0.770. The zero-order valence-electron chi connectivity index (χ0n) is 10.0. The highest BCUT2D eigenvalue weighted by Crippen LogP contribution is 2.26. The maximum Gasteiger partial charge on any atom is 0.337 e. The summed E-state index contributed by atoms with van der Waals surface area (Å²) in [6.07, 6.45) is 2.45. The van der Waals surface area contributed by atoms with Crippen molar-refractivity contribution in [3.05, 3.63) is 23.8 Å². The number of aromatic carboxylic acids is 1. The molecule has 2 rings (SSSR count). The fraction of sp³-hybridized carbons (Fsp3) is 0.462. The molecule has 1 aromatic carbocycles. The average Bonchev–Trinajstić information content (AvgIpc) is 2.28. The Bertz CT molecular complexity index is 431. The van der Waals surface area contributed by atoms with E-state index in [0.29, 0.717) is 11.6 Å². The van der Waals surface area contributed by atoms with Crippen LogP contribution in [-0.4, -0.2) is 24.2 Å². The van der Waals surface area contributed by atoms with E-state index in [1.54, 1.807) is 12.1 Å². The number of nitrogen functional groups attached to an aromatic ring is 1. The van der Waals surface area contributed by atoms with E-state index in [4.69, 9.17) is 10.8 Å². The molecule has 1 heterocycles. The molecule has 1 atom stereocenters. The van der Waals surface area contributed by atoms with E-state index < -0.39 is 5.97 Å². The Hall–Kier alpha value is -1.71. The molecule has 1 saturated heterocycles. The fourth-order valence-electron chi connectivity index (χ4n) is 2.37. The first-order chi connectivity index (χ1) is 8.08. The average molecular weight is 234 g/mol. The number of carboxylic acid groups (broad SMARTS) is 1. The van der Waals surface area contributed by atoms with Gasteiger partial charge in [0.2, 0.25) is 0 Å². The molecule has 0 aliphatic carbocycles. The minimum Gasteiger partial charge on any atom is -0.478 e. The highest BCUT2D eigenvalue weighted by Gasteiger charge is 2.18. The second-order valence-corrected chi connectivity index (χ2v) is 4.77. The third-order valence-electron chi connectivity index (χ3n) is 3.29. The van der Waals surface area contributed by atoms with Gasteiger partial charge in [0.05, 0.1) is 5.56 Å². The van der Waals surface area contributed by atoms with Crippen molar-refractivity contribution in [2.24, 2.45) is 5.92 Å². The van der Waals surface area contributed by atoms with Gasteiger partial charge < -0.3 is 15.7 Å². The number of piperidine rings is 1. The van der Waals surface area contributed by atoms with Crippen molar-refractivity contribution in [1.82, 2.24) is 0 Å². The van der Waals surface area contributed by atoms with Gasteiger partial charge in [-0.15, -0.1) is 0 Å². The number of nitrogens with zero attached hydrogens (tertiary/aromatic N) is 1. The van der Waals surface area contributed by atoms with Gasteiger partial charge in [0, 0.05) is 24.5 Å². The molecule has 0 saturated carbocycles. The lowest BCUT2D eigenvalue weighted by Crippen LogP contribution is -2.34. The normalized spacial score (nSPS) is 20.3. The van der Waals surface area contributed by atoms with Crippen molar-refractivity contribution in [2.45, 2.75) is 19.8 Å². The molecule has 92 valence electrons. The molecule has 0 bridgehead atoms. The summed E-state index contributed by atoms with van der Waals surface area (Å²) >= 11 is 0. The van der Waals surface area contributed by atoms with Gasteiger partial charge in [0.25, 0.3) is 0 Å². The largest absolute Gasteiger partial charge is 0.478 e. The number of hydrogen-bond donors (Lipinski definition) is 2. The van der Waals surface area contributed by atoms with Crippen molar-refractivity contribution in [3.63, 3.8) is 0 Å². The van der Waals surface area contributed by atoms with Crippen molar-refractivity contribution in [3.8, 4) is 0 Å². The van der Waals surface area contributed by atoms with Crippen LogP contribution in [0.15, 0.2) is 18.2 Å². The Morgan fingerprint density at radius 3 is 2.88 bits per heavy atom. The molecule has 1 aliphatic rings. The van der Waals surface area contributed by atoms with Gasteiger partial charge in [-0.25, -0.2) is 4.79 Å². The third kappa shape index (κ3) is 2.52. The third-order valence-corrected chi connectivity index (χ3v) is 3.29. The summed E-state index contributed by atoms with van der Waals surface area (Å²) in [4.78, 5) is 13.1. The molecule has 1 unspecified atom stereocenters. The van der Waals surface area contributed by atoms with Gasteiger partial charge in [-0.1, -0.05) is 6.92 Å². The zero-order chi connectivity index (χ0) is 12.4. The van der Waals surface area contributed by atoms with E-state index in [0.717, 1.165) is 18.8 Å². The number of carboxylic acids is 1. The zero-order valence-corrected chi connectivity index (χ0v) is 10.0. The highest BCUT2D eigenvalue weighted by atomic mass is 16.4. The van der Waals surface area contributed by atoms with Crippen molar-refractivity contribution >= 4 is 17.3 Å². The van der Waals surface area contributed by atoms with Gasteiger partial charge in [0.1, 0.15) is 0 Å². The molecule has 0 aromatic heterocycles. The van der Waals surface area contributed by atoms with E-state index in [1.807, 2.05) is 6.07 Å². The van der Waals surface area contributed by atoms with Crippen LogP contribution in [0, 0.1) is 5.92 Å². The molecule has 0 amide bonds. The minimum atomic E-state index is -0.971. The summed E-state index contributed by atoms with van der Waals surface area (Å²) in [5, 5.41) is 8.92. The lowest BCUT2D eigenvalue weighted by atomic mass is 9.99. The molecule has 4 nitrogen and oxygen atoms in total. The fourth-order valence-corrected chi connectivity index (χ4v) is 2.37. The highest BCUT2D eigenvalue weighted by molar-refractivity contribution is 5.94. The SMILES string of the molecule is CC1CCCN(c2ccc(C(=O)O)c(N)c2)C1. The molecule has 3 N–H and O–H groups in total. The molecule has 17 heavy (non-hydrogen) atoms. The van der Waals surface area contributed by atoms with Crippen molar-refractivity contribution < 1.29 is 9.90 Å². The molecule has 1 aromatic rings. The molecule has 0 spiro atoms. The maximum atomic E-state index is 10.9. The Labute approximate surface area is 101 Å². The van der Waals surface area contributed by atoms with Gasteiger partial charge in [-0.05, 0) is 37.0 Å². The van der Waals surface area contributed by atoms with Crippen LogP contribution in [0.1, 0.15) is 30.1 Å².